The molecule has 0 atom stereocenters. The number of nitrogens with zero attached hydrogens (tertiary/aromatic N) is 2. The highest BCUT2D eigenvalue weighted by Gasteiger charge is 2.10. The van der Waals surface area contributed by atoms with Crippen LogP contribution in [0.2, 0.25) is 0 Å². The molecule has 1 aromatic heterocycles. The van der Waals surface area contributed by atoms with E-state index in [1.807, 2.05) is 17.7 Å². The maximum atomic E-state index is 13.5. The fourth-order valence-electron chi connectivity index (χ4n) is 1.91. The van der Waals surface area contributed by atoms with Crippen LogP contribution in [0.1, 0.15) is 19.5 Å². The summed E-state index contributed by atoms with van der Waals surface area (Å²) in [6, 6.07) is 4.77. The summed E-state index contributed by atoms with van der Waals surface area (Å²) in [5.41, 5.74) is 1.72. The quantitative estimate of drug-likeness (QED) is 0.910. The Hall–Kier alpha value is -2.04. The average molecular weight is 277 g/mol. The van der Waals surface area contributed by atoms with Crippen molar-refractivity contribution in [2.24, 2.45) is 5.92 Å². The first-order chi connectivity index (χ1) is 9.51. The van der Waals surface area contributed by atoms with Crippen molar-refractivity contribution in [3.05, 3.63) is 35.9 Å². The van der Waals surface area contributed by atoms with Crippen molar-refractivity contribution in [3.8, 4) is 11.4 Å². The zero-order valence-electron chi connectivity index (χ0n) is 12.3. The van der Waals surface area contributed by atoms with Crippen molar-refractivity contribution in [3.63, 3.8) is 0 Å². The Kier molecular flexibility index (Phi) is 4.27. The molecule has 0 unspecified atom stereocenters. The minimum absolute atomic E-state index is 0.226. The predicted octanol–water partition coefficient (Wildman–Crippen LogP) is 3.40. The molecule has 20 heavy (non-hydrogen) atoms. The predicted molar refractivity (Wildman–Crippen MR) is 78.1 cm³/mol. The van der Waals surface area contributed by atoms with Crippen LogP contribution in [0.5, 0.6) is 5.75 Å². The number of nitrogens with one attached hydrogen (secondary N) is 1. The van der Waals surface area contributed by atoms with Gasteiger partial charge in [0.25, 0.3) is 0 Å². The van der Waals surface area contributed by atoms with Crippen LogP contribution < -0.4 is 10.1 Å². The summed E-state index contributed by atoms with van der Waals surface area (Å²) in [5.74, 6) is 1.13. The number of hydrogen-bond donors (Lipinski definition) is 1. The molecular weight excluding hydrogens is 257 g/mol. The first kappa shape index (κ1) is 14.4. The summed E-state index contributed by atoms with van der Waals surface area (Å²) in [7, 11) is 1.46. The highest BCUT2D eigenvalue weighted by molar-refractivity contribution is 5.47. The molecule has 2 rings (SSSR count). The van der Waals surface area contributed by atoms with Gasteiger partial charge in [-0.2, -0.15) is 0 Å². The van der Waals surface area contributed by atoms with E-state index in [4.69, 9.17) is 4.74 Å². The normalized spacial score (nSPS) is 10.9. The Labute approximate surface area is 118 Å². The van der Waals surface area contributed by atoms with Gasteiger partial charge in [0, 0.05) is 18.8 Å². The van der Waals surface area contributed by atoms with Gasteiger partial charge < -0.3 is 10.1 Å². The molecule has 0 spiro atoms. The van der Waals surface area contributed by atoms with E-state index in [1.165, 1.54) is 13.2 Å². The molecule has 2 aromatic rings. The summed E-state index contributed by atoms with van der Waals surface area (Å²) in [4.78, 5) is 4.45. The van der Waals surface area contributed by atoms with Gasteiger partial charge in [-0.3, -0.25) is 4.57 Å². The molecule has 0 radical (unpaired) electrons. The lowest BCUT2D eigenvalue weighted by Crippen LogP contribution is -2.12. The van der Waals surface area contributed by atoms with Crippen LogP contribution in [0.25, 0.3) is 5.69 Å². The number of anilines is 1. The summed E-state index contributed by atoms with van der Waals surface area (Å²) in [6.45, 7) is 7.02. The zero-order chi connectivity index (χ0) is 14.7. The van der Waals surface area contributed by atoms with E-state index in [-0.39, 0.29) is 11.6 Å². The Bertz CT molecular complexity index is 593. The van der Waals surface area contributed by atoms with Gasteiger partial charge in [-0.05, 0) is 25.0 Å². The Morgan fingerprint density at radius 1 is 1.40 bits per heavy atom. The molecule has 0 aliphatic rings. The number of ether oxygens (including phenoxy) is 1. The molecule has 0 fully saturated rings. The van der Waals surface area contributed by atoms with E-state index in [1.54, 1.807) is 12.1 Å². The topological polar surface area (TPSA) is 39.1 Å². The van der Waals surface area contributed by atoms with E-state index < -0.39 is 0 Å². The number of methoxy groups -OCH3 is 1. The van der Waals surface area contributed by atoms with Gasteiger partial charge in [-0.25, -0.2) is 9.37 Å². The van der Waals surface area contributed by atoms with Crippen molar-refractivity contribution in [2.45, 2.75) is 20.8 Å². The van der Waals surface area contributed by atoms with Crippen molar-refractivity contribution < 1.29 is 9.13 Å². The second kappa shape index (κ2) is 5.94. The van der Waals surface area contributed by atoms with Gasteiger partial charge >= 0.3 is 0 Å². The highest BCUT2D eigenvalue weighted by Crippen LogP contribution is 2.23. The molecule has 1 heterocycles. The molecular formula is C15H20FN3O. The lowest BCUT2D eigenvalue weighted by atomic mass is 10.2. The SMILES string of the molecule is COc1cc(-n2cc(C)nc2NCC(C)C)ccc1F. The zero-order valence-corrected chi connectivity index (χ0v) is 12.3. The molecule has 1 aromatic carbocycles. The average Bonchev–Trinajstić information content (AvgIpc) is 2.78. The van der Waals surface area contributed by atoms with Crippen molar-refractivity contribution in [2.75, 3.05) is 19.0 Å². The molecule has 108 valence electrons. The van der Waals surface area contributed by atoms with Gasteiger partial charge in [0.05, 0.1) is 18.5 Å². The second-order valence-electron chi connectivity index (χ2n) is 5.17. The molecule has 0 saturated heterocycles. The minimum Gasteiger partial charge on any atom is -0.494 e. The molecule has 0 aliphatic heterocycles. The number of halogens is 1. The first-order valence-electron chi connectivity index (χ1n) is 6.65. The van der Waals surface area contributed by atoms with Gasteiger partial charge in [0.2, 0.25) is 5.95 Å². The standard InChI is InChI=1S/C15H20FN3O/c1-10(2)8-17-15-18-11(3)9-19(15)12-5-6-13(16)14(7-12)20-4/h5-7,9-10H,8H2,1-4H3,(H,17,18). The van der Waals surface area contributed by atoms with Gasteiger partial charge in [-0.1, -0.05) is 13.8 Å². The van der Waals surface area contributed by atoms with Gasteiger partial charge in [0.15, 0.2) is 11.6 Å². The summed E-state index contributed by atoms with van der Waals surface area (Å²) >= 11 is 0. The Morgan fingerprint density at radius 2 is 2.15 bits per heavy atom. The third-order valence-corrected chi connectivity index (χ3v) is 2.91. The van der Waals surface area contributed by atoms with Crippen molar-refractivity contribution in [1.82, 2.24) is 9.55 Å². The molecule has 0 aliphatic carbocycles. The van der Waals surface area contributed by atoms with E-state index in [0.29, 0.717) is 5.92 Å². The highest BCUT2D eigenvalue weighted by atomic mass is 19.1. The first-order valence-corrected chi connectivity index (χ1v) is 6.65. The fourth-order valence-corrected chi connectivity index (χ4v) is 1.91. The lowest BCUT2D eigenvalue weighted by molar-refractivity contribution is 0.386. The largest absolute Gasteiger partial charge is 0.494 e. The number of benzene rings is 1. The van der Waals surface area contributed by atoms with Crippen LogP contribution in [0.15, 0.2) is 24.4 Å². The van der Waals surface area contributed by atoms with Gasteiger partial charge in [0.1, 0.15) is 0 Å². The monoisotopic (exact) mass is 277 g/mol. The summed E-state index contributed by atoms with van der Waals surface area (Å²) in [5, 5.41) is 3.30. The van der Waals surface area contributed by atoms with E-state index >= 15 is 0 Å². The van der Waals surface area contributed by atoms with Crippen molar-refractivity contribution in [1.29, 1.82) is 0 Å². The van der Waals surface area contributed by atoms with Crippen LogP contribution in [-0.2, 0) is 0 Å². The lowest BCUT2D eigenvalue weighted by Gasteiger charge is -2.12. The molecule has 0 saturated carbocycles. The van der Waals surface area contributed by atoms with Crippen LogP contribution in [0.3, 0.4) is 0 Å². The fraction of sp³-hybridized carbons (Fsp3) is 0.400. The third kappa shape index (κ3) is 3.10. The third-order valence-electron chi connectivity index (χ3n) is 2.91. The molecule has 0 amide bonds. The number of hydrogen-bond acceptors (Lipinski definition) is 3. The number of imidazole rings is 1. The summed E-state index contributed by atoms with van der Waals surface area (Å²) in [6.07, 6.45) is 1.91. The van der Waals surface area contributed by atoms with Gasteiger partial charge in [-0.15, -0.1) is 0 Å². The van der Waals surface area contributed by atoms with Crippen molar-refractivity contribution >= 4 is 5.95 Å². The van der Waals surface area contributed by atoms with Crippen LogP contribution in [0.4, 0.5) is 10.3 Å². The number of aryl methyl sites for hydroxylation is 1. The Morgan fingerprint density at radius 3 is 2.80 bits per heavy atom. The second-order valence-corrected chi connectivity index (χ2v) is 5.17. The molecule has 0 bridgehead atoms. The molecule has 1 N–H and O–H groups in total. The number of aromatic nitrogens is 2. The van der Waals surface area contributed by atoms with Crippen LogP contribution in [-0.4, -0.2) is 23.2 Å². The smallest absolute Gasteiger partial charge is 0.207 e. The minimum atomic E-state index is -0.371. The maximum Gasteiger partial charge on any atom is 0.207 e. The summed E-state index contributed by atoms with van der Waals surface area (Å²) < 4.78 is 20.4. The molecule has 4 nitrogen and oxygen atoms in total. The van der Waals surface area contributed by atoms with E-state index in [2.05, 4.69) is 24.1 Å². The van der Waals surface area contributed by atoms with Crippen LogP contribution in [0, 0.1) is 18.7 Å². The maximum absolute atomic E-state index is 13.5. The molecule has 5 heteroatoms. The Balaban J connectivity index is 2.36. The van der Waals surface area contributed by atoms with E-state index in [9.17, 15) is 4.39 Å². The van der Waals surface area contributed by atoms with Crippen LogP contribution >= 0.6 is 0 Å². The number of rotatable bonds is 5. The van der Waals surface area contributed by atoms with E-state index in [0.717, 1.165) is 23.9 Å².